The Kier molecular flexibility index (Phi) is 2.83. The monoisotopic (exact) mass is 354 g/mol. The van der Waals surface area contributed by atoms with Crippen molar-refractivity contribution in [2.45, 2.75) is 58.5 Å². The standard InChI is InChI=1S/C17H23BrOS/c1-15-5-11-6-16(2,8-15)10-17(7-11,9-15)14(19)12-3-4-13(18)20-12/h3-4,11,14,19H,5-10H2,1-2H3. The second kappa shape index (κ2) is 4.11. The largest absolute Gasteiger partial charge is 0.387 e. The number of halogens is 1. The minimum atomic E-state index is -0.263. The smallest absolute Gasteiger partial charge is 0.0938 e. The number of aliphatic hydroxyl groups is 1. The number of aliphatic hydroxyl groups excluding tert-OH is 1. The first-order chi connectivity index (χ1) is 9.32. The molecule has 0 amide bonds. The van der Waals surface area contributed by atoms with E-state index in [0.29, 0.717) is 10.8 Å². The van der Waals surface area contributed by atoms with Gasteiger partial charge in [0.25, 0.3) is 0 Å². The van der Waals surface area contributed by atoms with Crippen LogP contribution < -0.4 is 0 Å². The normalized spacial score (nSPS) is 47.7. The molecule has 20 heavy (non-hydrogen) atoms. The van der Waals surface area contributed by atoms with Crippen LogP contribution in [0.1, 0.15) is 63.4 Å². The fourth-order valence-electron chi connectivity index (χ4n) is 6.62. The molecule has 4 saturated carbocycles. The highest BCUT2D eigenvalue weighted by Gasteiger charge is 2.62. The van der Waals surface area contributed by atoms with Gasteiger partial charge in [0.05, 0.1) is 9.89 Å². The van der Waals surface area contributed by atoms with Crippen molar-refractivity contribution in [1.82, 2.24) is 0 Å². The minimum Gasteiger partial charge on any atom is -0.387 e. The molecule has 1 heterocycles. The van der Waals surface area contributed by atoms with E-state index in [2.05, 4.69) is 41.9 Å². The Bertz CT molecular complexity index is 533. The Hall–Kier alpha value is 0.140. The number of hydrogen-bond acceptors (Lipinski definition) is 2. The van der Waals surface area contributed by atoms with E-state index in [0.717, 1.165) is 14.6 Å². The van der Waals surface area contributed by atoms with Crippen molar-refractivity contribution < 1.29 is 5.11 Å². The summed E-state index contributed by atoms with van der Waals surface area (Å²) < 4.78 is 1.13. The van der Waals surface area contributed by atoms with Crippen LogP contribution in [-0.2, 0) is 0 Å². The third-order valence-corrected chi connectivity index (χ3v) is 7.79. The average molecular weight is 355 g/mol. The van der Waals surface area contributed by atoms with Crippen LogP contribution in [0.5, 0.6) is 0 Å². The molecule has 0 aromatic carbocycles. The van der Waals surface area contributed by atoms with Gasteiger partial charge in [0.15, 0.2) is 0 Å². The van der Waals surface area contributed by atoms with Gasteiger partial charge in [0.2, 0.25) is 0 Å². The van der Waals surface area contributed by atoms with Crippen LogP contribution in [0.3, 0.4) is 0 Å². The first-order valence-corrected chi connectivity index (χ1v) is 9.36. The summed E-state index contributed by atoms with van der Waals surface area (Å²) in [5.74, 6) is 0.847. The molecule has 4 aliphatic carbocycles. The Balaban J connectivity index is 1.73. The molecule has 4 aliphatic rings. The Morgan fingerprint density at radius 3 is 2.30 bits per heavy atom. The van der Waals surface area contributed by atoms with Crippen molar-refractivity contribution in [2.75, 3.05) is 0 Å². The minimum absolute atomic E-state index is 0.146. The number of rotatable bonds is 2. The van der Waals surface area contributed by atoms with Gasteiger partial charge in [-0.2, -0.15) is 0 Å². The van der Waals surface area contributed by atoms with Gasteiger partial charge in [-0.15, -0.1) is 11.3 Å². The van der Waals surface area contributed by atoms with Crippen LogP contribution in [-0.4, -0.2) is 5.11 Å². The van der Waals surface area contributed by atoms with Gasteiger partial charge >= 0.3 is 0 Å². The lowest BCUT2D eigenvalue weighted by Crippen LogP contribution is -2.56. The molecule has 5 rings (SSSR count). The zero-order chi connectivity index (χ0) is 14.2. The Labute approximate surface area is 133 Å². The van der Waals surface area contributed by atoms with Crippen molar-refractivity contribution in [1.29, 1.82) is 0 Å². The van der Waals surface area contributed by atoms with E-state index in [1.807, 2.05) is 0 Å². The SMILES string of the molecule is CC12CC3CC(C)(C1)CC(C(O)c1ccc(Br)s1)(C3)C2. The third-order valence-electron chi connectivity index (χ3n) is 6.11. The summed E-state index contributed by atoms with van der Waals surface area (Å²) >= 11 is 5.25. The molecule has 1 aromatic heterocycles. The van der Waals surface area contributed by atoms with Gasteiger partial charge < -0.3 is 5.11 Å². The van der Waals surface area contributed by atoms with E-state index in [-0.39, 0.29) is 11.5 Å². The fourth-order valence-corrected chi connectivity index (χ4v) is 8.17. The molecule has 1 nitrogen and oxygen atoms in total. The quantitative estimate of drug-likeness (QED) is 0.738. The zero-order valence-electron chi connectivity index (χ0n) is 12.3. The maximum absolute atomic E-state index is 11.1. The first-order valence-electron chi connectivity index (χ1n) is 7.75. The number of hydrogen-bond donors (Lipinski definition) is 1. The molecule has 0 spiro atoms. The molecular formula is C17H23BrOS. The van der Waals surface area contributed by atoms with Crippen molar-refractivity contribution in [2.24, 2.45) is 22.2 Å². The van der Waals surface area contributed by atoms with Crippen molar-refractivity contribution in [3.05, 3.63) is 20.8 Å². The van der Waals surface area contributed by atoms with Gasteiger partial charge in [-0.25, -0.2) is 0 Å². The molecule has 4 fully saturated rings. The highest BCUT2D eigenvalue weighted by atomic mass is 79.9. The molecule has 1 N–H and O–H groups in total. The summed E-state index contributed by atoms with van der Waals surface area (Å²) in [6.07, 6.45) is 7.59. The van der Waals surface area contributed by atoms with Gasteiger partial charge in [-0.1, -0.05) is 13.8 Å². The lowest BCUT2D eigenvalue weighted by molar-refractivity contribution is -0.186. The van der Waals surface area contributed by atoms with Crippen LogP contribution in [0.2, 0.25) is 0 Å². The van der Waals surface area contributed by atoms with Gasteiger partial charge in [-0.05, 0) is 83.3 Å². The predicted octanol–water partition coefficient (Wildman–Crippen LogP) is 5.54. The van der Waals surface area contributed by atoms with Crippen LogP contribution >= 0.6 is 27.3 Å². The van der Waals surface area contributed by atoms with Crippen molar-refractivity contribution >= 4 is 27.3 Å². The second-order valence-electron chi connectivity index (χ2n) is 8.54. The molecule has 0 aliphatic heterocycles. The lowest BCUT2D eigenvalue weighted by atomic mass is 9.39. The molecule has 0 radical (unpaired) electrons. The first kappa shape index (κ1) is 13.8. The topological polar surface area (TPSA) is 20.2 Å². The van der Waals surface area contributed by atoms with Gasteiger partial charge in [-0.3, -0.25) is 0 Å². The Morgan fingerprint density at radius 1 is 1.15 bits per heavy atom. The van der Waals surface area contributed by atoms with Crippen LogP contribution in [0, 0.1) is 22.2 Å². The maximum Gasteiger partial charge on any atom is 0.0938 e. The van der Waals surface area contributed by atoms with Gasteiger partial charge in [0, 0.05) is 10.3 Å². The average Bonchev–Trinajstić information content (AvgIpc) is 2.69. The second-order valence-corrected chi connectivity index (χ2v) is 11.0. The lowest BCUT2D eigenvalue weighted by Gasteiger charge is -2.66. The molecule has 4 bridgehead atoms. The zero-order valence-corrected chi connectivity index (χ0v) is 14.7. The summed E-state index contributed by atoms with van der Waals surface area (Å²) in [4.78, 5) is 1.16. The van der Waals surface area contributed by atoms with Crippen molar-refractivity contribution in [3.63, 3.8) is 0 Å². The van der Waals surface area contributed by atoms with Gasteiger partial charge in [0.1, 0.15) is 0 Å². The summed E-state index contributed by atoms with van der Waals surface area (Å²) in [7, 11) is 0. The molecule has 3 atom stereocenters. The highest BCUT2D eigenvalue weighted by Crippen LogP contribution is 2.72. The Morgan fingerprint density at radius 2 is 1.80 bits per heavy atom. The maximum atomic E-state index is 11.1. The van der Waals surface area contributed by atoms with Crippen LogP contribution in [0.15, 0.2) is 15.9 Å². The number of thiophene rings is 1. The van der Waals surface area contributed by atoms with Crippen LogP contribution in [0.4, 0.5) is 0 Å². The van der Waals surface area contributed by atoms with E-state index in [1.165, 1.54) is 38.5 Å². The summed E-state index contributed by atoms with van der Waals surface area (Å²) in [6.45, 7) is 4.95. The van der Waals surface area contributed by atoms with Crippen LogP contribution in [0.25, 0.3) is 0 Å². The summed E-state index contributed by atoms with van der Waals surface area (Å²) in [6, 6.07) is 4.19. The predicted molar refractivity (Wildman–Crippen MR) is 86.8 cm³/mol. The summed E-state index contributed by atoms with van der Waals surface area (Å²) in [5.41, 5.74) is 1.10. The molecule has 0 saturated heterocycles. The third kappa shape index (κ3) is 1.96. The van der Waals surface area contributed by atoms with Crippen molar-refractivity contribution in [3.8, 4) is 0 Å². The van der Waals surface area contributed by atoms with E-state index < -0.39 is 0 Å². The molecule has 3 unspecified atom stereocenters. The molecular weight excluding hydrogens is 332 g/mol. The highest BCUT2D eigenvalue weighted by molar-refractivity contribution is 9.11. The summed E-state index contributed by atoms with van der Waals surface area (Å²) in [5, 5.41) is 11.1. The fraction of sp³-hybridized carbons (Fsp3) is 0.765. The van der Waals surface area contributed by atoms with E-state index >= 15 is 0 Å². The molecule has 1 aromatic rings. The van der Waals surface area contributed by atoms with E-state index in [1.54, 1.807) is 11.3 Å². The van der Waals surface area contributed by atoms with E-state index in [4.69, 9.17) is 0 Å². The molecule has 110 valence electrons. The van der Waals surface area contributed by atoms with E-state index in [9.17, 15) is 5.11 Å². The molecule has 3 heteroatoms.